The van der Waals surface area contributed by atoms with E-state index in [1.165, 1.54) is 25.2 Å². The second kappa shape index (κ2) is 7.25. The number of amides is 3. The zero-order valence-electron chi connectivity index (χ0n) is 15.2. The molecule has 0 spiro atoms. The average molecular weight is 362 g/mol. The average Bonchev–Trinajstić information content (AvgIpc) is 2.76. The third-order valence-corrected chi connectivity index (χ3v) is 3.90. The second-order valence-corrected chi connectivity index (χ2v) is 7.04. The lowest BCUT2D eigenvalue weighted by Gasteiger charge is -2.21. The van der Waals surface area contributed by atoms with Crippen molar-refractivity contribution in [1.82, 2.24) is 10.2 Å². The number of nitrogens with zero attached hydrogens (tertiary/aromatic N) is 1. The Balaban J connectivity index is 2.10. The van der Waals surface area contributed by atoms with Crippen LogP contribution in [-0.4, -0.2) is 59.0 Å². The van der Waals surface area contributed by atoms with E-state index in [1.807, 2.05) is 20.8 Å². The molecule has 0 saturated carbocycles. The Bertz CT molecular complexity index is 765. The number of carbonyl (C=O) groups is 4. The molecule has 1 atom stereocenters. The summed E-state index contributed by atoms with van der Waals surface area (Å²) < 4.78 is 5.49. The highest BCUT2D eigenvalue weighted by Gasteiger charge is 2.33. The van der Waals surface area contributed by atoms with Crippen LogP contribution in [0.1, 0.15) is 58.3 Å². The van der Waals surface area contributed by atoms with Gasteiger partial charge < -0.3 is 15.2 Å². The van der Waals surface area contributed by atoms with Gasteiger partial charge in [-0.25, -0.2) is 4.79 Å². The Kier molecular flexibility index (Phi) is 5.46. The quantitative estimate of drug-likeness (QED) is 0.738. The Labute approximate surface area is 151 Å². The van der Waals surface area contributed by atoms with E-state index in [0.717, 1.165) is 4.90 Å². The molecule has 8 heteroatoms. The van der Waals surface area contributed by atoms with Crippen molar-refractivity contribution in [2.24, 2.45) is 0 Å². The molecule has 26 heavy (non-hydrogen) atoms. The number of imide groups is 1. The predicted octanol–water partition coefficient (Wildman–Crippen LogP) is 1.30. The largest absolute Gasteiger partial charge is 0.480 e. The van der Waals surface area contributed by atoms with Crippen molar-refractivity contribution >= 4 is 23.7 Å². The summed E-state index contributed by atoms with van der Waals surface area (Å²) in [5.74, 6) is -2.73. The van der Waals surface area contributed by atoms with E-state index in [-0.39, 0.29) is 29.7 Å². The Morgan fingerprint density at radius 1 is 1.19 bits per heavy atom. The van der Waals surface area contributed by atoms with E-state index in [0.29, 0.717) is 0 Å². The summed E-state index contributed by atoms with van der Waals surface area (Å²) in [4.78, 5) is 48.6. The lowest BCUT2D eigenvalue weighted by atomic mass is 10.0. The Morgan fingerprint density at radius 3 is 2.38 bits per heavy atom. The molecule has 1 aliphatic rings. The van der Waals surface area contributed by atoms with Crippen LogP contribution in [0.2, 0.25) is 0 Å². The fourth-order valence-corrected chi connectivity index (χ4v) is 2.48. The Hall–Kier alpha value is -2.74. The topological polar surface area (TPSA) is 113 Å². The van der Waals surface area contributed by atoms with Crippen LogP contribution >= 0.6 is 0 Å². The van der Waals surface area contributed by atoms with Gasteiger partial charge in [-0.15, -0.1) is 0 Å². The molecule has 8 nitrogen and oxygen atoms in total. The van der Waals surface area contributed by atoms with Crippen molar-refractivity contribution in [3.8, 4) is 0 Å². The molecule has 0 saturated heterocycles. The number of carbonyl (C=O) groups excluding carboxylic acids is 3. The summed E-state index contributed by atoms with van der Waals surface area (Å²) in [5, 5.41) is 11.7. The van der Waals surface area contributed by atoms with Gasteiger partial charge in [-0.05, 0) is 39.0 Å². The molecular weight excluding hydrogens is 340 g/mol. The first-order valence-corrected chi connectivity index (χ1v) is 8.15. The number of rotatable bonds is 6. The van der Waals surface area contributed by atoms with Crippen LogP contribution in [0.15, 0.2) is 18.2 Å². The van der Waals surface area contributed by atoms with Gasteiger partial charge >= 0.3 is 5.97 Å². The molecule has 2 rings (SSSR count). The second-order valence-electron chi connectivity index (χ2n) is 7.04. The molecule has 2 N–H and O–H groups in total. The monoisotopic (exact) mass is 362 g/mol. The summed E-state index contributed by atoms with van der Waals surface area (Å²) in [6.45, 7) is 5.71. The van der Waals surface area contributed by atoms with Crippen LogP contribution < -0.4 is 5.32 Å². The highest BCUT2D eigenvalue weighted by molar-refractivity contribution is 6.21. The van der Waals surface area contributed by atoms with Gasteiger partial charge in [0.1, 0.15) is 6.04 Å². The van der Waals surface area contributed by atoms with E-state index in [1.54, 1.807) is 0 Å². The highest BCUT2D eigenvalue weighted by Crippen LogP contribution is 2.22. The van der Waals surface area contributed by atoms with Crippen molar-refractivity contribution in [1.29, 1.82) is 0 Å². The molecule has 1 heterocycles. The molecule has 0 bridgehead atoms. The third-order valence-electron chi connectivity index (χ3n) is 3.90. The molecule has 0 aromatic heterocycles. The summed E-state index contributed by atoms with van der Waals surface area (Å²) in [6, 6.07) is 2.97. The lowest BCUT2D eigenvalue weighted by molar-refractivity contribution is -0.140. The van der Waals surface area contributed by atoms with Crippen molar-refractivity contribution < 1.29 is 29.0 Å². The molecule has 140 valence electrons. The van der Waals surface area contributed by atoms with E-state index >= 15 is 0 Å². The molecule has 0 aliphatic carbocycles. The summed E-state index contributed by atoms with van der Waals surface area (Å²) >= 11 is 0. The van der Waals surface area contributed by atoms with Gasteiger partial charge in [-0.2, -0.15) is 0 Å². The van der Waals surface area contributed by atoms with E-state index in [2.05, 4.69) is 5.32 Å². The minimum Gasteiger partial charge on any atom is -0.480 e. The van der Waals surface area contributed by atoms with Crippen LogP contribution in [0.3, 0.4) is 0 Å². The molecule has 1 aliphatic heterocycles. The van der Waals surface area contributed by atoms with Crippen molar-refractivity contribution in [3.05, 3.63) is 34.9 Å². The van der Waals surface area contributed by atoms with Gasteiger partial charge in [0.25, 0.3) is 17.7 Å². The number of carboxylic acids is 1. The van der Waals surface area contributed by atoms with Crippen LogP contribution in [-0.2, 0) is 9.53 Å². The number of aliphatic carboxylic acids is 1. The normalized spacial score (nSPS) is 15.0. The van der Waals surface area contributed by atoms with Gasteiger partial charge in [0.05, 0.1) is 16.7 Å². The Morgan fingerprint density at radius 2 is 1.81 bits per heavy atom. The predicted molar refractivity (Wildman–Crippen MR) is 92.1 cm³/mol. The standard InChI is InChI=1S/C18H22N2O6/c1-18(2,3)26-8-7-13(17(24)25)19-14(21)10-5-6-11-12(9-10)16(23)20(4)15(11)22/h5-6,9,13H,7-8H2,1-4H3,(H,19,21)(H,24,25). The maximum absolute atomic E-state index is 12.4. The smallest absolute Gasteiger partial charge is 0.326 e. The van der Waals surface area contributed by atoms with Crippen molar-refractivity contribution in [2.75, 3.05) is 13.7 Å². The summed E-state index contributed by atoms with van der Waals surface area (Å²) in [7, 11) is 1.36. The fourth-order valence-electron chi connectivity index (χ4n) is 2.48. The van der Waals surface area contributed by atoms with Crippen LogP contribution in [0, 0.1) is 0 Å². The maximum Gasteiger partial charge on any atom is 0.326 e. The van der Waals surface area contributed by atoms with Crippen molar-refractivity contribution in [3.63, 3.8) is 0 Å². The lowest BCUT2D eigenvalue weighted by Crippen LogP contribution is -2.42. The van der Waals surface area contributed by atoms with E-state index in [4.69, 9.17) is 4.74 Å². The number of benzene rings is 1. The first-order valence-electron chi connectivity index (χ1n) is 8.15. The minimum atomic E-state index is -1.18. The van der Waals surface area contributed by atoms with Gasteiger partial charge in [0, 0.05) is 25.6 Å². The van der Waals surface area contributed by atoms with Crippen LogP contribution in [0.4, 0.5) is 0 Å². The SMILES string of the molecule is CN1C(=O)c2ccc(C(=O)NC(CCOC(C)(C)C)C(=O)O)cc2C1=O. The maximum atomic E-state index is 12.4. The first-order chi connectivity index (χ1) is 12.0. The highest BCUT2D eigenvalue weighted by atomic mass is 16.5. The van der Waals surface area contributed by atoms with Crippen LogP contribution in [0.5, 0.6) is 0 Å². The molecule has 1 aromatic rings. The van der Waals surface area contributed by atoms with E-state index in [9.17, 15) is 24.3 Å². The fraction of sp³-hybridized carbons (Fsp3) is 0.444. The van der Waals surface area contributed by atoms with Gasteiger partial charge in [-0.3, -0.25) is 19.3 Å². The number of fused-ring (bicyclic) bond motifs is 1. The number of nitrogens with one attached hydrogen (secondary N) is 1. The zero-order valence-corrected chi connectivity index (χ0v) is 15.2. The molecule has 1 aromatic carbocycles. The molecule has 0 radical (unpaired) electrons. The number of carboxylic acid groups (broad SMARTS) is 1. The molecule has 1 unspecified atom stereocenters. The van der Waals surface area contributed by atoms with Crippen LogP contribution in [0.25, 0.3) is 0 Å². The van der Waals surface area contributed by atoms with E-state index < -0.39 is 35.3 Å². The van der Waals surface area contributed by atoms with Crippen molar-refractivity contribution in [2.45, 2.75) is 38.8 Å². The summed E-state index contributed by atoms with van der Waals surface area (Å²) in [5.41, 5.74) is 0.0603. The molecular formula is C18H22N2O6. The van der Waals surface area contributed by atoms with Gasteiger partial charge in [0.2, 0.25) is 0 Å². The zero-order chi connectivity index (χ0) is 19.6. The number of hydrogen-bond donors (Lipinski definition) is 2. The molecule has 3 amide bonds. The number of hydrogen-bond acceptors (Lipinski definition) is 5. The first kappa shape index (κ1) is 19.6. The minimum absolute atomic E-state index is 0.101. The third kappa shape index (κ3) is 4.26. The molecule has 0 fully saturated rings. The van der Waals surface area contributed by atoms with Gasteiger partial charge in [0.15, 0.2) is 0 Å². The van der Waals surface area contributed by atoms with Gasteiger partial charge in [-0.1, -0.05) is 0 Å². The summed E-state index contributed by atoms with van der Waals surface area (Å²) in [6.07, 6.45) is 0.101. The number of ether oxygens (including phenoxy) is 1.